The van der Waals surface area contributed by atoms with Crippen molar-refractivity contribution in [2.75, 3.05) is 0 Å². The number of benzene rings is 2. The molecular weight excluding hydrogens is 389 g/mol. The van der Waals surface area contributed by atoms with Crippen molar-refractivity contribution in [2.45, 2.75) is 6.92 Å². The maximum Gasteiger partial charge on any atom is 0.291 e. The SMILES string of the molecule is Cc1cccc(-c2nc3s/c(=C\c4ccc(-c5ccc(F)cc5)o4)c(=O)n3n2)c1. The highest BCUT2D eigenvalue weighted by Crippen LogP contribution is 2.23. The number of halogens is 1. The molecule has 0 aliphatic rings. The maximum atomic E-state index is 13.1. The van der Waals surface area contributed by atoms with Crippen molar-refractivity contribution in [2.24, 2.45) is 0 Å². The standard InChI is InChI=1S/C22H14FN3O2S/c1-13-3-2-4-15(11-13)20-24-22-26(25-20)21(27)19(29-22)12-17-9-10-18(28-17)14-5-7-16(23)8-6-14/h2-12H,1H3/b19-12-. The van der Waals surface area contributed by atoms with Crippen molar-refractivity contribution >= 4 is 22.4 Å². The van der Waals surface area contributed by atoms with Crippen LogP contribution in [0.4, 0.5) is 4.39 Å². The van der Waals surface area contributed by atoms with Crippen LogP contribution < -0.4 is 10.1 Å². The second kappa shape index (κ2) is 6.79. The molecule has 0 amide bonds. The van der Waals surface area contributed by atoms with Crippen LogP contribution in [0.5, 0.6) is 0 Å². The van der Waals surface area contributed by atoms with Gasteiger partial charge in [-0.05, 0) is 49.4 Å². The molecule has 0 fully saturated rings. The Morgan fingerprint density at radius 2 is 1.90 bits per heavy atom. The monoisotopic (exact) mass is 403 g/mol. The lowest BCUT2D eigenvalue weighted by atomic mass is 10.1. The molecule has 3 heterocycles. The van der Waals surface area contributed by atoms with Gasteiger partial charge in [0, 0.05) is 17.2 Å². The van der Waals surface area contributed by atoms with E-state index in [4.69, 9.17) is 4.42 Å². The molecule has 0 radical (unpaired) electrons. The van der Waals surface area contributed by atoms with Gasteiger partial charge in [-0.3, -0.25) is 4.79 Å². The van der Waals surface area contributed by atoms with Gasteiger partial charge < -0.3 is 4.42 Å². The van der Waals surface area contributed by atoms with E-state index >= 15 is 0 Å². The minimum atomic E-state index is -0.303. The second-order valence-corrected chi connectivity index (χ2v) is 7.63. The van der Waals surface area contributed by atoms with Gasteiger partial charge in [0.1, 0.15) is 21.9 Å². The fourth-order valence-corrected chi connectivity index (χ4v) is 3.96. The summed E-state index contributed by atoms with van der Waals surface area (Å²) < 4.78 is 20.7. The Balaban J connectivity index is 1.52. The molecule has 29 heavy (non-hydrogen) atoms. The number of thiazole rings is 1. The smallest absolute Gasteiger partial charge is 0.291 e. The summed E-state index contributed by atoms with van der Waals surface area (Å²) in [6.07, 6.45) is 1.67. The Kier molecular flexibility index (Phi) is 4.10. The van der Waals surface area contributed by atoms with E-state index in [2.05, 4.69) is 10.1 Å². The summed E-state index contributed by atoms with van der Waals surface area (Å²) in [4.78, 5) is 17.7. The van der Waals surface area contributed by atoms with Crippen molar-refractivity contribution in [3.63, 3.8) is 0 Å². The fraction of sp³-hybridized carbons (Fsp3) is 0.0455. The van der Waals surface area contributed by atoms with Gasteiger partial charge in [-0.25, -0.2) is 4.39 Å². The first-order valence-electron chi connectivity index (χ1n) is 8.91. The molecule has 0 spiro atoms. The minimum absolute atomic E-state index is 0.240. The predicted molar refractivity (Wildman–Crippen MR) is 110 cm³/mol. The van der Waals surface area contributed by atoms with Crippen molar-refractivity contribution in [3.8, 4) is 22.7 Å². The molecule has 0 aliphatic heterocycles. The van der Waals surface area contributed by atoms with Crippen LogP contribution in [0.25, 0.3) is 33.7 Å². The summed E-state index contributed by atoms with van der Waals surface area (Å²) in [6.45, 7) is 2.00. The number of hydrogen-bond donors (Lipinski definition) is 0. The molecule has 2 aromatic carbocycles. The molecule has 0 unspecified atom stereocenters. The van der Waals surface area contributed by atoms with Gasteiger partial charge in [-0.15, -0.1) is 5.10 Å². The average Bonchev–Trinajstić information content (AvgIpc) is 3.41. The number of rotatable bonds is 3. The van der Waals surface area contributed by atoms with Gasteiger partial charge in [-0.1, -0.05) is 35.1 Å². The van der Waals surface area contributed by atoms with E-state index in [1.807, 2.05) is 31.2 Å². The van der Waals surface area contributed by atoms with Gasteiger partial charge >= 0.3 is 0 Å². The highest BCUT2D eigenvalue weighted by atomic mass is 32.1. The van der Waals surface area contributed by atoms with E-state index < -0.39 is 0 Å². The van der Waals surface area contributed by atoms with Crippen LogP contribution in [0.15, 0.2) is 69.9 Å². The lowest BCUT2D eigenvalue weighted by molar-refractivity contribution is 0.571. The lowest BCUT2D eigenvalue weighted by Gasteiger charge is -1.96. The van der Waals surface area contributed by atoms with E-state index in [9.17, 15) is 9.18 Å². The molecule has 0 saturated heterocycles. The molecule has 0 atom stereocenters. The van der Waals surface area contributed by atoms with Crippen LogP contribution in [0, 0.1) is 12.7 Å². The summed E-state index contributed by atoms with van der Waals surface area (Å²) in [5, 5.41) is 4.36. The average molecular weight is 403 g/mol. The molecule has 0 saturated carbocycles. The lowest BCUT2D eigenvalue weighted by Crippen LogP contribution is -2.23. The van der Waals surface area contributed by atoms with Crippen LogP contribution in [-0.4, -0.2) is 14.6 Å². The van der Waals surface area contributed by atoms with Crippen LogP contribution in [0.2, 0.25) is 0 Å². The van der Waals surface area contributed by atoms with Crippen molar-refractivity contribution in [1.82, 2.24) is 14.6 Å². The molecule has 0 N–H and O–H groups in total. The zero-order valence-corrected chi connectivity index (χ0v) is 16.1. The normalized spacial score (nSPS) is 12.1. The fourth-order valence-electron chi connectivity index (χ4n) is 3.07. The third kappa shape index (κ3) is 3.25. The van der Waals surface area contributed by atoms with Crippen LogP contribution in [0.3, 0.4) is 0 Å². The third-order valence-electron chi connectivity index (χ3n) is 4.49. The molecule has 7 heteroatoms. The van der Waals surface area contributed by atoms with Gasteiger partial charge in [0.25, 0.3) is 5.56 Å². The number of aromatic nitrogens is 3. The van der Waals surface area contributed by atoms with Crippen LogP contribution >= 0.6 is 11.3 Å². The molecular formula is C22H14FN3O2S. The van der Waals surface area contributed by atoms with E-state index in [0.29, 0.717) is 26.8 Å². The minimum Gasteiger partial charge on any atom is -0.457 e. The number of furan rings is 1. The summed E-state index contributed by atoms with van der Waals surface area (Å²) in [6, 6.07) is 17.4. The first kappa shape index (κ1) is 17.5. The number of aryl methyl sites for hydroxylation is 1. The molecule has 0 aliphatic carbocycles. The van der Waals surface area contributed by atoms with E-state index in [0.717, 1.165) is 16.7 Å². The van der Waals surface area contributed by atoms with Crippen LogP contribution in [-0.2, 0) is 0 Å². The third-order valence-corrected chi connectivity index (χ3v) is 5.45. The van der Waals surface area contributed by atoms with Crippen molar-refractivity contribution in [1.29, 1.82) is 0 Å². The number of nitrogens with zero attached hydrogens (tertiary/aromatic N) is 3. The van der Waals surface area contributed by atoms with Gasteiger partial charge in [-0.2, -0.15) is 9.50 Å². The molecule has 5 nitrogen and oxygen atoms in total. The maximum absolute atomic E-state index is 13.1. The van der Waals surface area contributed by atoms with Crippen LogP contribution in [0.1, 0.15) is 11.3 Å². The molecule has 142 valence electrons. The quantitative estimate of drug-likeness (QED) is 0.456. The van der Waals surface area contributed by atoms with Crippen molar-refractivity contribution < 1.29 is 8.81 Å². The Morgan fingerprint density at radius 1 is 1.07 bits per heavy atom. The Morgan fingerprint density at radius 3 is 2.66 bits per heavy atom. The van der Waals surface area contributed by atoms with E-state index in [1.54, 1.807) is 30.3 Å². The van der Waals surface area contributed by atoms with Crippen molar-refractivity contribution in [3.05, 3.63) is 92.7 Å². The number of fused-ring (bicyclic) bond motifs is 1. The first-order chi connectivity index (χ1) is 14.1. The zero-order valence-electron chi connectivity index (χ0n) is 15.3. The van der Waals surface area contributed by atoms with Gasteiger partial charge in [0.05, 0.1) is 0 Å². The summed E-state index contributed by atoms with van der Waals surface area (Å²) >= 11 is 1.26. The molecule has 0 bridgehead atoms. The van der Waals surface area contributed by atoms with E-state index in [1.165, 1.54) is 28.0 Å². The summed E-state index contributed by atoms with van der Waals surface area (Å²) in [7, 11) is 0. The molecule has 3 aromatic heterocycles. The van der Waals surface area contributed by atoms with Gasteiger partial charge in [0.15, 0.2) is 5.82 Å². The Bertz CT molecular complexity index is 1450. The molecule has 5 rings (SSSR count). The van der Waals surface area contributed by atoms with Gasteiger partial charge in [0.2, 0.25) is 4.96 Å². The first-order valence-corrected chi connectivity index (χ1v) is 9.72. The molecule has 5 aromatic rings. The zero-order chi connectivity index (χ0) is 20.0. The Hall–Kier alpha value is -3.58. The van der Waals surface area contributed by atoms with E-state index in [-0.39, 0.29) is 11.4 Å². The highest BCUT2D eigenvalue weighted by molar-refractivity contribution is 7.15. The highest BCUT2D eigenvalue weighted by Gasteiger charge is 2.12. The Labute approximate surface area is 168 Å². The second-order valence-electron chi connectivity index (χ2n) is 6.62. The largest absolute Gasteiger partial charge is 0.457 e. The topological polar surface area (TPSA) is 60.4 Å². The summed E-state index contributed by atoms with van der Waals surface area (Å²) in [5.74, 6) is 1.36. The number of hydrogen-bond acceptors (Lipinski definition) is 5. The predicted octanol–water partition coefficient (Wildman–Crippen LogP) is 4.07. The summed E-state index contributed by atoms with van der Waals surface area (Å²) in [5.41, 5.74) is 2.50.